The Morgan fingerprint density at radius 3 is 1.29 bits per heavy atom. The highest BCUT2D eigenvalue weighted by Crippen LogP contribution is 2.36. The number of nitrogens with zero attached hydrogens (tertiary/aromatic N) is 6. The average Bonchev–Trinajstić information content (AvgIpc) is 0.731. The van der Waals surface area contributed by atoms with E-state index in [9.17, 15) is 54.6 Å². The predicted octanol–water partition coefficient (Wildman–Crippen LogP) is 17.4. The number of hydrogen-bond acceptors (Lipinski definition) is 10. The topological polar surface area (TPSA) is 110 Å². The molecular weight excluding hydrogens is 1420 g/mol. The molecular formula is C82H80F10N6O6S2. The van der Waals surface area contributed by atoms with Crippen LogP contribution in [0.2, 0.25) is 0 Å². The second-order valence-electron chi connectivity index (χ2n) is 24.3. The number of halogens is 10. The summed E-state index contributed by atoms with van der Waals surface area (Å²) in [6.07, 6.45) is -9.61. The number of hydrogen-bond donors (Lipinski definition) is 0. The molecule has 8 aromatic carbocycles. The molecule has 0 unspecified atom stereocenters. The first kappa shape index (κ1) is 52.1. The Hall–Kier alpha value is -9.04. The van der Waals surface area contributed by atoms with Crippen LogP contribution in [-0.2, 0) is 69.0 Å². The molecule has 0 spiro atoms. The number of ether oxygens (including phenoxy) is 2. The van der Waals surface area contributed by atoms with Crippen molar-refractivity contribution in [3.05, 3.63) is 270 Å². The van der Waals surface area contributed by atoms with Gasteiger partial charge in [0.05, 0.1) is 70.1 Å². The van der Waals surface area contributed by atoms with Crippen LogP contribution in [0, 0.1) is 37.1 Å². The summed E-state index contributed by atoms with van der Waals surface area (Å²) in [7, 11) is -5.81. The van der Waals surface area contributed by atoms with Crippen molar-refractivity contribution in [1.82, 2.24) is 28.7 Å². The number of piperidine rings is 2. The van der Waals surface area contributed by atoms with Crippen molar-refractivity contribution in [1.29, 1.82) is 0 Å². The van der Waals surface area contributed by atoms with Crippen LogP contribution in [-0.4, -0.2) is 119 Å². The zero-order chi connectivity index (χ0) is 96.3. The SMILES string of the molecule is [2H]c1c(C)c([2H])c2c(=O)c([2H])c(SC([2H])([2H])c3cccc(F)c3F)n(CC(=O)N(C3CCN(C([2H])([2H])COC([2H])([2H])[2H])CC3)C([2H])([2H])c3ccc(-c4ccc(C(F)(F)F)cc4)cc3)c2c1[2H].[2H]c1c(C)c([2H])c2c(=O)c([2H])c(SCc3cccc(F)c3F)n(CC(=O)N(C3CCN(C([2H])([2H])COC([2H])([2H])[2H])CC3)C([2H])([2H])c3ccc(-c4ccc(C(F)(F)F)cc4)cc3)c2c1[2H]. The van der Waals surface area contributed by atoms with Gasteiger partial charge >= 0.3 is 12.4 Å². The lowest BCUT2D eigenvalue weighted by atomic mass is 10.00. The molecule has 0 saturated carbocycles. The van der Waals surface area contributed by atoms with Crippen molar-refractivity contribution in [2.45, 2.75) is 112 Å². The van der Waals surface area contributed by atoms with Gasteiger partial charge in [0.25, 0.3) is 0 Å². The minimum absolute atomic E-state index is 0.00203. The largest absolute Gasteiger partial charge is 0.416 e. The lowest BCUT2D eigenvalue weighted by molar-refractivity contribution is -0.138. The summed E-state index contributed by atoms with van der Waals surface area (Å²) in [4.78, 5) is 62.0. The van der Waals surface area contributed by atoms with E-state index in [-0.39, 0.29) is 96.5 Å². The number of carbonyl (C=O) groups excluding carboxylic acids is 2. The molecule has 4 heterocycles. The van der Waals surface area contributed by atoms with Crippen LogP contribution in [0.5, 0.6) is 0 Å². The molecule has 2 saturated heterocycles. The molecule has 0 aliphatic carbocycles. The maximum atomic E-state index is 15.1. The molecule has 0 bridgehead atoms. The van der Waals surface area contributed by atoms with Crippen LogP contribution in [0.15, 0.2) is 201 Å². The minimum atomic E-state index is -4.60. The first-order valence-electron chi connectivity index (χ1n) is 44.7. The summed E-state index contributed by atoms with van der Waals surface area (Å²) < 4.78 is 353. The molecule has 2 aliphatic rings. The second-order valence-corrected chi connectivity index (χ2v) is 26.1. The number of rotatable bonds is 24. The van der Waals surface area contributed by atoms with Gasteiger partial charge in [-0.15, -0.1) is 23.5 Å². The van der Waals surface area contributed by atoms with E-state index in [1.165, 1.54) is 109 Å². The highest BCUT2D eigenvalue weighted by Gasteiger charge is 2.34. The Kier molecular flexibility index (Phi) is 17.2. The zero-order valence-corrected chi connectivity index (χ0v) is 57.9. The quantitative estimate of drug-likeness (QED) is 0.0428. The Balaban J connectivity index is 0.000000251. The lowest BCUT2D eigenvalue weighted by Gasteiger charge is -2.39. The summed E-state index contributed by atoms with van der Waals surface area (Å²) >= 11 is 0.645. The third-order valence-electron chi connectivity index (χ3n) is 17.2. The molecule has 0 atom stereocenters. The molecule has 2 amide bonds. The van der Waals surface area contributed by atoms with Crippen molar-refractivity contribution >= 4 is 57.1 Å². The number of benzene rings is 8. The van der Waals surface area contributed by atoms with E-state index >= 15 is 14.0 Å². The van der Waals surface area contributed by atoms with Crippen LogP contribution >= 0.6 is 23.5 Å². The molecule has 24 heteroatoms. The molecule has 10 aromatic rings. The first-order chi connectivity index (χ1) is 60.2. The number of pyridine rings is 2. The van der Waals surface area contributed by atoms with Crippen LogP contribution in [0.25, 0.3) is 44.1 Å². The van der Waals surface area contributed by atoms with Gasteiger partial charge in [0, 0.05) is 132 Å². The maximum absolute atomic E-state index is 15.1. The Bertz CT molecular complexity index is 6070. The smallest absolute Gasteiger partial charge is 0.383 e. The number of alkyl halides is 6. The zero-order valence-electron chi connectivity index (χ0n) is 80.3. The number of methoxy groups -OCH3 is 2. The number of fused-ring (bicyclic) bond motifs is 2. The van der Waals surface area contributed by atoms with E-state index in [2.05, 4.69) is 0 Å². The lowest BCUT2D eigenvalue weighted by Crippen LogP contribution is -2.48. The van der Waals surface area contributed by atoms with Crippen LogP contribution in [0.4, 0.5) is 43.9 Å². The molecule has 0 radical (unpaired) electrons. The standard InChI is InChI=1S/2C41H40F5N3O3S/c2*1-27-6-15-36-34(22-27)37(50)23-39(53-26-31-4-3-5-35(42)40(31)43)49(36)25-38(51)48(33-16-18-47(19-17-33)20-21-52-2)24-28-7-9-29(10-8-28)30-11-13-32(14-12-30)41(44,45)46/h2*3-15,22-23,33H,16-21,24-26H2,1-2H3/i2D3,6D,15D,20D2,22D,23D,24D2,26D2;2D3,6D,15D,20D2,22D,23D,24D2. The first-order valence-corrected chi connectivity index (χ1v) is 34.5. The van der Waals surface area contributed by atoms with Crippen molar-refractivity contribution < 1.29 is 95.9 Å². The summed E-state index contributed by atoms with van der Waals surface area (Å²) in [5, 5.41) is -2.12. The van der Waals surface area contributed by atoms with Crippen LogP contribution < -0.4 is 10.9 Å². The van der Waals surface area contributed by atoms with Crippen molar-refractivity contribution in [2.24, 2.45) is 0 Å². The molecule has 2 aromatic heterocycles. The monoisotopic (exact) mass is 1520 g/mol. The van der Waals surface area contributed by atoms with E-state index in [4.69, 9.17) is 36.9 Å². The fourth-order valence-electron chi connectivity index (χ4n) is 11.8. The Morgan fingerprint density at radius 2 is 0.896 bits per heavy atom. The van der Waals surface area contributed by atoms with E-state index in [0.29, 0.717) is 34.0 Å². The summed E-state index contributed by atoms with van der Waals surface area (Å²) in [6, 6.07) is 18.1. The van der Waals surface area contributed by atoms with Gasteiger partial charge in [-0.3, -0.25) is 19.2 Å². The fraction of sp³-hybridized carbons (Fsp3) is 0.317. The average molecular weight is 1520 g/mol. The van der Waals surface area contributed by atoms with Gasteiger partial charge in [0.1, 0.15) is 13.1 Å². The van der Waals surface area contributed by atoms with Crippen molar-refractivity contribution in [3.8, 4) is 22.3 Å². The minimum Gasteiger partial charge on any atom is -0.383 e. The molecule has 12 rings (SSSR count). The van der Waals surface area contributed by atoms with Gasteiger partial charge in [0.2, 0.25) is 11.8 Å². The maximum Gasteiger partial charge on any atom is 0.416 e. The molecule has 2 fully saturated rings. The van der Waals surface area contributed by atoms with Gasteiger partial charge < -0.3 is 38.2 Å². The Morgan fingerprint density at radius 1 is 0.519 bits per heavy atom. The molecule has 2 aliphatic heterocycles. The van der Waals surface area contributed by atoms with Crippen molar-refractivity contribution in [2.75, 3.05) is 66.5 Å². The van der Waals surface area contributed by atoms with Crippen molar-refractivity contribution in [3.63, 3.8) is 0 Å². The van der Waals surface area contributed by atoms with Gasteiger partial charge in [-0.05, 0) is 133 Å². The predicted molar refractivity (Wildman–Crippen MR) is 395 cm³/mol. The fourth-order valence-corrected chi connectivity index (χ4v) is 13.5. The van der Waals surface area contributed by atoms with Gasteiger partial charge in [0.15, 0.2) is 34.1 Å². The van der Waals surface area contributed by atoms with E-state index in [1.54, 1.807) is 0 Å². The van der Waals surface area contributed by atoms with E-state index < -0.39 is 240 Å². The molecule has 12 nitrogen and oxygen atoms in total. The third kappa shape index (κ3) is 19.6. The number of amides is 2. The summed E-state index contributed by atoms with van der Waals surface area (Å²) in [5.74, 6) is -7.95. The number of aromatic nitrogens is 2. The number of likely N-dealkylation sites (tertiary alicyclic amines) is 2. The third-order valence-corrected chi connectivity index (χ3v) is 19.1. The van der Waals surface area contributed by atoms with Crippen LogP contribution in [0.1, 0.15) is 103 Å². The second kappa shape index (κ2) is 35.1. The summed E-state index contributed by atoms with van der Waals surface area (Å²) in [5.41, 5.74) is -7.99. The van der Waals surface area contributed by atoms with E-state index in [1.807, 2.05) is 0 Å². The highest BCUT2D eigenvalue weighted by atomic mass is 32.2. The van der Waals surface area contributed by atoms with Gasteiger partial charge in [-0.25, -0.2) is 17.6 Å². The molecule has 106 heavy (non-hydrogen) atoms. The summed E-state index contributed by atoms with van der Waals surface area (Å²) in [6.45, 7) is -11.8. The highest BCUT2D eigenvalue weighted by molar-refractivity contribution is 7.98. The normalized spacial score (nSPS) is 18.4. The van der Waals surface area contributed by atoms with E-state index in [0.717, 1.165) is 67.5 Å². The Labute approximate surface area is 650 Å². The number of carbonyl (C=O) groups is 2. The molecule has 0 N–H and O–H groups in total. The van der Waals surface area contributed by atoms with Gasteiger partial charge in [-0.2, -0.15) is 26.3 Å². The van der Waals surface area contributed by atoms with Gasteiger partial charge in [-0.1, -0.05) is 120 Å². The molecule has 556 valence electrons. The number of thioether (sulfide) groups is 2. The van der Waals surface area contributed by atoms with Crippen LogP contribution in [0.3, 0.4) is 0 Å².